The maximum atomic E-state index is 11.9. The van der Waals surface area contributed by atoms with Crippen LogP contribution >= 0.6 is 12.4 Å². The van der Waals surface area contributed by atoms with Crippen molar-refractivity contribution in [3.8, 4) is 0 Å². The average Bonchev–Trinajstić information content (AvgIpc) is 2.38. The molecule has 1 rings (SSSR count). The van der Waals surface area contributed by atoms with Gasteiger partial charge in [0.05, 0.1) is 5.41 Å². The lowest BCUT2D eigenvalue weighted by Gasteiger charge is -2.21. The number of nitrogens with two attached hydrogens (primary N) is 1. The molecule has 0 aliphatic rings. The third-order valence-electron chi connectivity index (χ3n) is 2.92. The van der Waals surface area contributed by atoms with Crippen LogP contribution in [0.2, 0.25) is 0 Å². The van der Waals surface area contributed by atoms with Crippen molar-refractivity contribution < 1.29 is 9.59 Å². The van der Waals surface area contributed by atoms with Crippen molar-refractivity contribution in [3.63, 3.8) is 0 Å². The highest BCUT2D eigenvalue weighted by atomic mass is 35.5. The Morgan fingerprint density at radius 1 is 1.20 bits per heavy atom. The van der Waals surface area contributed by atoms with E-state index in [-0.39, 0.29) is 30.8 Å². The van der Waals surface area contributed by atoms with Crippen molar-refractivity contribution in [2.24, 2.45) is 11.1 Å². The monoisotopic (exact) mass is 299 g/mol. The third kappa shape index (κ3) is 4.51. The van der Waals surface area contributed by atoms with Gasteiger partial charge in [-0.2, -0.15) is 0 Å². The molecule has 0 unspecified atom stereocenters. The van der Waals surface area contributed by atoms with Crippen LogP contribution < -0.4 is 11.1 Å². The number of halogens is 1. The normalized spacial score (nSPS) is 10.4. The van der Waals surface area contributed by atoms with E-state index in [1.165, 1.54) is 4.90 Å². The van der Waals surface area contributed by atoms with Crippen LogP contribution in [0.15, 0.2) is 24.3 Å². The predicted octanol–water partition coefficient (Wildman–Crippen LogP) is 1.73. The van der Waals surface area contributed by atoms with Crippen molar-refractivity contribution in [3.05, 3.63) is 29.8 Å². The summed E-state index contributed by atoms with van der Waals surface area (Å²) < 4.78 is 0. The van der Waals surface area contributed by atoms with Gasteiger partial charge in [0.2, 0.25) is 5.91 Å². The Bertz CT molecular complexity index is 470. The van der Waals surface area contributed by atoms with Crippen molar-refractivity contribution in [1.29, 1.82) is 0 Å². The Kier molecular flexibility index (Phi) is 6.68. The average molecular weight is 300 g/mol. The van der Waals surface area contributed by atoms with Gasteiger partial charge in [-0.05, 0) is 38.1 Å². The van der Waals surface area contributed by atoms with Gasteiger partial charge in [0.25, 0.3) is 5.91 Å². The number of nitrogens with one attached hydrogen (secondary N) is 1. The first-order valence-electron chi connectivity index (χ1n) is 6.11. The zero-order valence-electron chi connectivity index (χ0n) is 12.3. The van der Waals surface area contributed by atoms with Gasteiger partial charge in [0.15, 0.2) is 0 Å². The van der Waals surface area contributed by atoms with E-state index in [0.717, 1.165) is 0 Å². The number of benzene rings is 1. The molecule has 2 amide bonds. The number of hydrogen-bond donors (Lipinski definition) is 2. The molecule has 0 spiro atoms. The van der Waals surface area contributed by atoms with Crippen LogP contribution in [0.5, 0.6) is 0 Å². The van der Waals surface area contributed by atoms with E-state index in [2.05, 4.69) is 5.32 Å². The van der Waals surface area contributed by atoms with Crippen LogP contribution in [0.4, 0.5) is 5.69 Å². The first-order chi connectivity index (χ1) is 8.77. The van der Waals surface area contributed by atoms with Gasteiger partial charge in [0.1, 0.15) is 0 Å². The van der Waals surface area contributed by atoms with E-state index >= 15 is 0 Å². The van der Waals surface area contributed by atoms with Crippen molar-refractivity contribution in [2.45, 2.75) is 13.8 Å². The van der Waals surface area contributed by atoms with Gasteiger partial charge >= 0.3 is 0 Å². The molecule has 112 valence electrons. The summed E-state index contributed by atoms with van der Waals surface area (Å²) in [6.45, 7) is 3.84. The molecule has 0 aromatic heterocycles. The molecule has 0 fully saturated rings. The molecule has 0 heterocycles. The fraction of sp³-hybridized carbons (Fsp3) is 0.429. The second-order valence-corrected chi connectivity index (χ2v) is 5.32. The topological polar surface area (TPSA) is 75.4 Å². The van der Waals surface area contributed by atoms with E-state index in [1.54, 1.807) is 52.2 Å². The van der Waals surface area contributed by atoms with E-state index in [0.29, 0.717) is 11.3 Å². The van der Waals surface area contributed by atoms with Crippen LogP contribution in [0.25, 0.3) is 0 Å². The molecule has 1 aromatic rings. The van der Waals surface area contributed by atoms with E-state index in [1.807, 2.05) is 0 Å². The Balaban J connectivity index is 0.00000361. The molecule has 0 aliphatic heterocycles. The highest BCUT2D eigenvalue weighted by molar-refractivity contribution is 5.97. The standard InChI is InChI=1S/C14H21N3O2.ClH/c1-14(2,9-15)13(19)16-11-7-5-10(6-8-11)12(18)17(3)4;/h5-8H,9,15H2,1-4H3,(H,16,19);1H. The summed E-state index contributed by atoms with van der Waals surface area (Å²) in [6, 6.07) is 6.79. The summed E-state index contributed by atoms with van der Waals surface area (Å²) in [5, 5.41) is 2.78. The summed E-state index contributed by atoms with van der Waals surface area (Å²) >= 11 is 0. The summed E-state index contributed by atoms with van der Waals surface area (Å²) in [5.41, 5.74) is 6.17. The minimum absolute atomic E-state index is 0. The van der Waals surface area contributed by atoms with Gasteiger partial charge in [-0.1, -0.05) is 0 Å². The zero-order valence-corrected chi connectivity index (χ0v) is 13.1. The molecular weight excluding hydrogens is 278 g/mol. The van der Waals surface area contributed by atoms with E-state index < -0.39 is 5.41 Å². The fourth-order valence-corrected chi connectivity index (χ4v) is 1.35. The number of carbonyl (C=O) groups excluding carboxylic acids is 2. The molecule has 1 aromatic carbocycles. The quantitative estimate of drug-likeness (QED) is 0.889. The van der Waals surface area contributed by atoms with E-state index in [4.69, 9.17) is 5.73 Å². The first kappa shape index (κ1) is 18.4. The summed E-state index contributed by atoms with van der Waals surface area (Å²) in [7, 11) is 3.39. The molecular formula is C14H22ClN3O2. The van der Waals surface area contributed by atoms with Gasteiger partial charge < -0.3 is 16.0 Å². The number of rotatable bonds is 4. The van der Waals surface area contributed by atoms with Crippen molar-refractivity contribution in [1.82, 2.24) is 4.90 Å². The van der Waals surface area contributed by atoms with Crippen LogP contribution in [-0.4, -0.2) is 37.4 Å². The van der Waals surface area contributed by atoms with Crippen molar-refractivity contribution >= 4 is 29.9 Å². The third-order valence-corrected chi connectivity index (χ3v) is 2.92. The van der Waals surface area contributed by atoms with Crippen LogP contribution in [0, 0.1) is 5.41 Å². The maximum absolute atomic E-state index is 11.9. The van der Waals surface area contributed by atoms with Gasteiger partial charge in [-0.25, -0.2) is 0 Å². The first-order valence-corrected chi connectivity index (χ1v) is 6.11. The lowest BCUT2D eigenvalue weighted by atomic mass is 9.92. The lowest BCUT2D eigenvalue weighted by molar-refractivity contribution is -0.123. The SMILES string of the molecule is CN(C)C(=O)c1ccc(NC(=O)C(C)(C)CN)cc1.Cl. The molecule has 0 bridgehead atoms. The van der Waals surface area contributed by atoms with Gasteiger partial charge in [-0.3, -0.25) is 9.59 Å². The Morgan fingerprint density at radius 2 is 1.70 bits per heavy atom. The minimum Gasteiger partial charge on any atom is -0.345 e. The highest BCUT2D eigenvalue weighted by Gasteiger charge is 2.25. The largest absolute Gasteiger partial charge is 0.345 e. The highest BCUT2D eigenvalue weighted by Crippen LogP contribution is 2.17. The van der Waals surface area contributed by atoms with Gasteiger partial charge in [-0.15, -0.1) is 12.4 Å². The molecule has 0 atom stereocenters. The minimum atomic E-state index is -0.613. The molecule has 20 heavy (non-hydrogen) atoms. The fourth-order valence-electron chi connectivity index (χ4n) is 1.35. The molecule has 5 nitrogen and oxygen atoms in total. The summed E-state index contributed by atoms with van der Waals surface area (Å²) in [4.78, 5) is 25.1. The zero-order chi connectivity index (χ0) is 14.6. The predicted molar refractivity (Wildman–Crippen MR) is 83.2 cm³/mol. The Hall–Kier alpha value is -1.59. The number of anilines is 1. The Labute approximate surface area is 125 Å². The summed E-state index contributed by atoms with van der Waals surface area (Å²) in [6.07, 6.45) is 0. The van der Waals surface area contributed by atoms with Crippen LogP contribution in [0.1, 0.15) is 24.2 Å². The number of nitrogens with zero attached hydrogens (tertiary/aromatic N) is 1. The molecule has 0 saturated carbocycles. The molecule has 0 radical (unpaired) electrons. The van der Waals surface area contributed by atoms with Crippen molar-refractivity contribution in [2.75, 3.05) is 26.0 Å². The van der Waals surface area contributed by atoms with Crippen LogP contribution in [0.3, 0.4) is 0 Å². The molecule has 0 aliphatic carbocycles. The van der Waals surface area contributed by atoms with Gasteiger partial charge in [0, 0.05) is 31.9 Å². The lowest BCUT2D eigenvalue weighted by Crippen LogP contribution is -2.37. The second kappa shape index (κ2) is 7.26. The number of amides is 2. The molecule has 6 heteroatoms. The second-order valence-electron chi connectivity index (χ2n) is 5.32. The van der Waals surface area contributed by atoms with E-state index in [9.17, 15) is 9.59 Å². The number of carbonyl (C=O) groups is 2. The molecule has 0 saturated heterocycles. The molecule has 3 N–H and O–H groups in total. The van der Waals surface area contributed by atoms with Crippen LogP contribution in [-0.2, 0) is 4.79 Å². The summed E-state index contributed by atoms with van der Waals surface area (Å²) in [5.74, 6) is -0.207. The Morgan fingerprint density at radius 3 is 2.10 bits per heavy atom. The maximum Gasteiger partial charge on any atom is 0.253 e. The number of hydrogen-bond acceptors (Lipinski definition) is 3. The smallest absolute Gasteiger partial charge is 0.253 e.